The number of carboxylic acid groups (broad SMARTS) is 1. The van der Waals surface area contributed by atoms with Crippen molar-refractivity contribution < 1.29 is 18.3 Å². The third kappa shape index (κ3) is 3.16. The predicted octanol–water partition coefficient (Wildman–Crippen LogP) is -0.575. The van der Waals surface area contributed by atoms with Gasteiger partial charge in [0.2, 0.25) is 10.0 Å². The van der Waals surface area contributed by atoms with Gasteiger partial charge in [0.15, 0.2) is 0 Å². The number of hydrogen-bond acceptors (Lipinski definition) is 4. The van der Waals surface area contributed by atoms with Crippen LogP contribution in [-0.2, 0) is 14.8 Å². The Morgan fingerprint density at radius 1 is 1.44 bits per heavy atom. The lowest BCUT2D eigenvalue weighted by molar-refractivity contribution is -0.139. The number of hydrogen-bond donors (Lipinski definition) is 1. The first kappa shape index (κ1) is 13.4. The maximum absolute atomic E-state index is 11.4. The van der Waals surface area contributed by atoms with E-state index in [1.165, 1.54) is 4.31 Å². The van der Waals surface area contributed by atoms with Gasteiger partial charge >= 0.3 is 5.97 Å². The zero-order chi connectivity index (χ0) is 12.5. The molecule has 0 unspecified atom stereocenters. The average Bonchev–Trinajstić information content (AvgIpc) is 2.10. The molecule has 1 fully saturated rings. The molecular weight excluding hydrogens is 232 g/mol. The molecule has 0 bridgehead atoms. The van der Waals surface area contributed by atoms with Crippen molar-refractivity contribution in [1.29, 1.82) is 0 Å². The number of rotatable bonds is 3. The van der Waals surface area contributed by atoms with Gasteiger partial charge in [0, 0.05) is 25.2 Å². The lowest BCUT2D eigenvalue weighted by atomic mass is 10.1. The molecular formula is C9H18N2O4S. The first-order valence-corrected chi connectivity index (χ1v) is 6.95. The number of likely N-dealkylation sites (N-methyl/N-ethyl adjacent to an activating group) is 1. The van der Waals surface area contributed by atoms with Crippen LogP contribution in [0.15, 0.2) is 0 Å². The first-order valence-electron chi connectivity index (χ1n) is 5.10. The molecule has 0 aliphatic carbocycles. The van der Waals surface area contributed by atoms with Gasteiger partial charge in [0.1, 0.15) is 0 Å². The van der Waals surface area contributed by atoms with Gasteiger partial charge in [0.05, 0.1) is 12.7 Å². The van der Waals surface area contributed by atoms with E-state index in [0.717, 1.165) is 6.26 Å². The van der Waals surface area contributed by atoms with Gasteiger partial charge in [0.25, 0.3) is 0 Å². The molecule has 1 saturated heterocycles. The molecule has 0 amide bonds. The molecule has 94 valence electrons. The Balaban J connectivity index is 2.81. The monoisotopic (exact) mass is 250 g/mol. The van der Waals surface area contributed by atoms with Crippen molar-refractivity contribution in [3.05, 3.63) is 0 Å². The molecule has 0 saturated carbocycles. The molecule has 0 aromatic carbocycles. The van der Waals surface area contributed by atoms with Gasteiger partial charge in [-0.1, -0.05) is 0 Å². The number of aliphatic carboxylic acids is 1. The molecule has 16 heavy (non-hydrogen) atoms. The van der Waals surface area contributed by atoms with E-state index >= 15 is 0 Å². The Morgan fingerprint density at radius 3 is 2.44 bits per heavy atom. The molecule has 0 aromatic rings. The Hall–Kier alpha value is -0.660. The molecule has 1 aliphatic rings. The van der Waals surface area contributed by atoms with Crippen LogP contribution in [0, 0.1) is 0 Å². The van der Waals surface area contributed by atoms with Crippen LogP contribution in [-0.4, -0.2) is 67.2 Å². The highest BCUT2D eigenvalue weighted by Gasteiger charge is 2.34. The van der Waals surface area contributed by atoms with Crippen molar-refractivity contribution in [2.75, 3.05) is 26.4 Å². The summed E-state index contributed by atoms with van der Waals surface area (Å²) in [4.78, 5) is 12.6. The minimum Gasteiger partial charge on any atom is -0.481 e. The minimum atomic E-state index is -3.24. The highest BCUT2D eigenvalue weighted by Crippen LogP contribution is 2.18. The Morgan fingerprint density at radius 2 is 2.00 bits per heavy atom. The molecule has 2 atom stereocenters. The van der Waals surface area contributed by atoms with E-state index in [1.54, 1.807) is 0 Å². The second kappa shape index (κ2) is 4.68. The zero-order valence-corrected chi connectivity index (χ0v) is 10.6. The van der Waals surface area contributed by atoms with Gasteiger partial charge < -0.3 is 5.11 Å². The van der Waals surface area contributed by atoms with Gasteiger partial charge in [-0.3, -0.25) is 9.69 Å². The van der Waals surface area contributed by atoms with Crippen LogP contribution in [0.4, 0.5) is 0 Å². The predicted molar refractivity (Wildman–Crippen MR) is 59.7 cm³/mol. The summed E-state index contributed by atoms with van der Waals surface area (Å²) in [7, 11) is -1.41. The van der Waals surface area contributed by atoms with Crippen molar-refractivity contribution in [2.24, 2.45) is 0 Å². The molecule has 0 spiro atoms. The molecule has 1 rings (SSSR count). The number of carbonyl (C=O) groups is 1. The molecule has 7 heteroatoms. The minimum absolute atomic E-state index is 0.0349. The van der Waals surface area contributed by atoms with E-state index in [9.17, 15) is 13.2 Å². The van der Waals surface area contributed by atoms with E-state index in [0.29, 0.717) is 6.54 Å². The lowest BCUT2D eigenvalue weighted by Crippen LogP contribution is -2.57. The summed E-state index contributed by atoms with van der Waals surface area (Å²) in [6.45, 7) is 2.57. The van der Waals surface area contributed by atoms with Crippen LogP contribution < -0.4 is 0 Å². The second-order valence-electron chi connectivity index (χ2n) is 4.35. The highest BCUT2D eigenvalue weighted by atomic mass is 32.2. The average molecular weight is 250 g/mol. The third-order valence-electron chi connectivity index (χ3n) is 3.03. The van der Waals surface area contributed by atoms with E-state index in [-0.39, 0.29) is 25.0 Å². The second-order valence-corrected chi connectivity index (χ2v) is 6.33. The van der Waals surface area contributed by atoms with Crippen molar-refractivity contribution in [3.63, 3.8) is 0 Å². The van der Waals surface area contributed by atoms with Crippen LogP contribution in [0.3, 0.4) is 0 Å². The Kier molecular flexibility index (Phi) is 3.92. The largest absolute Gasteiger partial charge is 0.481 e. The van der Waals surface area contributed by atoms with Crippen LogP contribution in [0.2, 0.25) is 0 Å². The molecule has 0 radical (unpaired) electrons. The highest BCUT2D eigenvalue weighted by molar-refractivity contribution is 7.88. The zero-order valence-electron chi connectivity index (χ0n) is 9.75. The third-order valence-corrected chi connectivity index (χ3v) is 4.27. The number of sulfonamides is 1. The normalized spacial score (nSPS) is 29.2. The van der Waals surface area contributed by atoms with Gasteiger partial charge in [-0.2, -0.15) is 4.31 Å². The quantitative estimate of drug-likeness (QED) is 0.725. The molecule has 1 N–H and O–H groups in total. The van der Waals surface area contributed by atoms with E-state index in [2.05, 4.69) is 0 Å². The fraction of sp³-hybridized carbons (Fsp3) is 0.889. The van der Waals surface area contributed by atoms with E-state index < -0.39 is 16.0 Å². The summed E-state index contributed by atoms with van der Waals surface area (Å²) in [5.41, 5.74) is 0. The van der Waals surface area contributed by atoms with Crippen LogP contribution >= 0.6 is 0 Å². The first-order chi connectivity index (χ1) is 7.21. The number of piperazine rings is 1. The van der Waals surface area contributed by atoms with Gasteiger partial charge in [-0.05, 0) is 14.0 Å². The van der Waals surface area contributed by atoms with Crippen molar-refractivity contribution in [1.82, 2.24) is 9.21 Å². The van der Waals surface area contributed by atoms with Crippen molar-refractivity contribution in [2.45, 2.75) is 25.4 Å². The lowest BCUT2D eigenvalue weighted by Gasteiger charge is -2.42. The van der Waals surface area contributed by atoms with Gasteiger partial charge in [-0.15, -0.1) is 0 Å². The standard InChI is InChI=1S/C9H18N2O4S/c1-7-5-11(16(3,14)15)6-8(10(7)2)4-9(12)13/h7-8H,4-6H2,1-3H3,(H,12,13)/t7-,8+/m1/s1. The maximum Gasteiger partial charge on any atom is 0.304 e. The molecule has 0 aromatic heterocycles. The van der Waals surface area contributed by atoms with E-state index in [1.807, 2.05) is 18.9 Å². The molecule has 1 heterocycles. The Labute approximate surface area is 95.9 Å². The SMILES string of the molecule is C[C@@H]1CN(S(C)(=O)=O)C[C@H](CC(=O)O)N1C. The molecule has 6 nitrogen and oxygen atoms in total. The maximum atomic E-state index is 11.4. The summed E-state index contributed by atoms with van der Waals surface area (Å²) in [5.74, 6) is -0.903. The fourth-order valence-corrected chi connectivity index (χ4v) is 2.83. The Bertz CT molecular complexity index is 368. The van der Waals surface area contributed by atoms with Crippen LogP contribution in [0.5, 0.6) is 0 Å². The summed E-state index contributed by atoms with van der Waals surface area (Å²) in [6.07, 6.45) is 1.12. The number of nitrogens with zero attached hydrogens (tertiary/aromatic N) is 2. The van der Waals surface area contributed by atoms with Gasteiger partial charge in [-0.25, -0.2) is 8.42 Å². The number of carboxylic acids is 1. The smallest absolute Gasteiger partial charge is 0.304 e. The van der Waals surface area contributed by atoms with Crippen LogP contribution in [0.25, 0.3) is 0 Å². The topological polar surface area (TPSA) is 77.9 Å². The van der Waals surface area contributed by atoms with Crippen LogP contribution in [0.1, 0.15) is 13.3 Å². The van der Waals surface area contributed by atoms with Crippen molar-refractivity contribution >= 4 is 16.0 Å². The summed E-state index contributed by atoms with van der Waals surface area (Å²) in [6, 6.07) is -0.219. The van der Waals surface area contributed by atoms with Crippen molar-refractivity contribution in [3.8, 4) is 0 Å². The summed E-state index contributed by atoms with van der Waals surface area (Å²) in [5, 5.41) is 8.76. The van der Waals surface area contributed by atoms with E-state index in [4.69, 9.17) is 5.11 Å². The summed E-state index contributed by atoms with van der Waals surface area (Å²) >= 11 is 0. The molecule has 1 aliphatic heterocycles. The fourth-order valence-electron chi connectivity index (χ4n) is 1.90. The summed E-state index contributed by atoms with van der Waals surface area (Å²) < 4.78 is 24.2.